The zero-order chi connectivity index (χ0) is 12.9. The molecule has 0 amide bonds. The molecule has 0 aliphatic heterocycles. The van der Waals surface area contributed by atoms with Crippen LogP contribution in [0.2, 0.25) is 5.02 Å². The van der Waals surface area contributed by atoms with Crippen molar-refractivity contribution in [2.75, 3.05) is 6.61 Å². The molecule has 1 atom stereocenters. The van der Waals surface area contributed by atoms with Crippen molar-refractivity contribution in [1.82, 2.24) is 5.32 Å². The van der Waals surface area contributed by atoms with Gasteiger partial charge in [0.05, 0.1) is 5.02 Å². The molecule has 3 nitrogen and oxygen atoms in total. The van der Waals surface area contributed by atoms with E-state index in [1.54, 1.807) is 12.1 Å². The summed E-state index contributed by atoms with van der Waals surface area (Å²) < 4.78 is 0. The maximum absolute atomic E-state index is 9.32. The lowest BCUT2D eigenvalue weighted by molar-refractivity contribution is 0.214. The lowest BCUT2D eigenvalue weighted by Gasteiger charge is -2.29. The second kappa shape index (κ2) is 6.24. The normalized spacial score (nSPS) is 14.6. The average molecular weight is 258 g/mol. The number of phenols is 1. The molecule has 17 heavy (non-hydrogen) atoms. The van der Waals surface area contributed by atoms with Crippen molar-refractivity contribution in [3.05, 3.63) is 28.8 Å². The van der Waals surface area contributed by atoms with Crippen LogP contribution in [0.5, 0.6) is 5.75 Å². The van der Waals surface area contributed by atoms with Crippen molar-refractivity contribution in [2.24, 2.45) is 0 Å². The van der Waals surface area contributed by atoms with Gasteiger partial charge in [-0.05, 0) is 37.5 Å². The highest BCUT2D eigenvalue weighted by Gasteiger charge is 2.20. The van der Waals surface area contributed by atoms with E-state index in [9.17, 15) is 5.11 Å². The van der Waals surface area contributed by atoms with Gasteiger partial charge < -0.3 is 15.5 Å². The van der Waals surface area contributed by atoms with E-state index in [0.717, 1.165) is 18.4 Å². The molecule has 0 heterocycles. The largest absolute Gasteiger partial charge is 0.506 e. The Morgan fingerprint density at radius 1 is 1.41 bits per heavy atom. The molecule has 0 aliphatic carbocycles. The van der Waals surface area contributed by atoms with E-state index >= 15 is 0 Å². The summed E-state index contributed by atoms with van der Waals surface area (Å²) in [6.45, 7) is 5.02. The molecule has 4 heteroatoms. The third kappa shape index (κ3) is 4.19. The molecule has 0 aromatic heterocycles. The number of nitrogens with one attached hydrogen (secondary N) is 1. The summed E-state index contributed by atoms with van der Waals surface area (Å²) in [5.41, 5.74) is 0.949. The number of hydrogen-bond donors (Lipinski definition) is 3. The first-order valence-corrected chi connectivity index (χ1v) is 6.22. The summed E-state index contributed by atoms with van der Waals surface area (Å²) in [7, 11) is 0. The van der Waals surface area contributed by atoms with Gasteiger partial charge in [-0.15, -0.1) is 0 Å². The zero-order valence-corrected chi connectivity index (χ0v) is 11.1. The van der Waals surface area contributed by atoms with Gasteiger partial charge in [0.15, 0.2) is 0 Å². The molecule has 0 fully saturated rings. The summed E-state index contributed by atoms with van der Waals surface area (Å²) in [5.74, 6) is 0.101. The number of rotatable bonds is 6. The Hall–Kier alpha value is -0.770. The van der Waals surface area contributed by atoms with Gasteiger partial charge in [0.1, 0.15) is 5.75 Å². The minimum Gasteiger partial charge on any atom is -0.506 e. The molecule has 3 N–H and O–H groups in total. The molecule has 1 aromatic carbocycles. The van der Waals surface area contributed by atoms with Crippen molar-refractivity contribution in [3.63, 3.8) is 0 Å². The van der Waals surface area contributed by atoms with E-state index in [4.69, 9.17) is 16.7 Å². The van der Waals surface area contributed by atoms with Crippen molar-refractivity contribution >= 4 is 11.6 Å². The monoisotopic (exact) mass is 257 g/mol. The quantitative estimate of drug-likeness (QED) is 0.735. The van der Waals surface area contributed by atoms with Crippen molar-refractivity contribution in [3.8, 4) is 5.75 Å². The number of aliphatic hydroxyl groups is 1. The van der Waals surface area contributed by atoms with Crippen molar-refractivity contribution in [1.29, 1.82) is 0 Å². The van der Waals surface area contributed by atoms with Gasteiger partial charge >= 0.3 is 0 Å². The van der Waals surface area contributed by atoms with Crippen molar-refractivity contribution < 1.29 is 10.2 Å². The van der Waals surface area contributed by atoms with Crippen LogP contribution in [0.4, 0.5) is 0 Å². The van der Waals surface area contributed by atoms with Gasteiger partial charge in [-0.2, -0.15) is 0 Å². The van der Waals surface area contributed by atoms with E-state index < -0.39 is 0 Å². The number of aliphatic hydroxyl groups excluding tert-OH is 1. The fourth-order valence-corrected chi connectivity index (χ4v) is 1.82. The molecule has 0 spiro atoms. The van der Waals surface area contributed by atoms with Crippen molar-refractivity contribution in [2.45, 2.75) is 38.8 Å². The van der Waals surface area contributed by atoms with Gasteiger partial charge in [-0.3, -0.25) is 0 Å². The van der Waals surface area contributed by atoms with E-state index in [0.29, 0.717) is 11.6 Å². The molecule has 1 rings (SSSR count). The summed E-state index contributed by atoms with van der Waals surface area (Å²) in [4.78, 5) is 0. The Kier molecular flexibility index (Phi) is 5.25. The maximum Gasteiger partial charge on any atom is 0.134 e. The van der Waals surface area contributed by atoms with Gasteiger partial charge in [0, 0.05) is 18.7 Å². The third-order valence-electron chi connectivity index (χ3n) is 3.18. The first-order valence-electron chi connectivity index (χ1n) is 5.84. The van der Waals surface area contributed by atoms with Crippen LogP contribution in [-0.4, -0.2) is 22.4 Å². The number of phenolic OH excluding ortho intramolecular Hbond substituents is 1. The van der Waals surface area contributed by atoms with E-state index in [2.05, 4.69) is 19.2 Å². The van der Waals surface area contributed by atoms with Gasteiger partial charge in [0.25, 0.3) is 0 Å². The molecule has 1 unspecified atom stereocenters. The molecule has 0 radical (unpaired) electrons. The predicted octanol–water partition coefficient (Wildman–Crippen LogP) is 2.69. The highest BCUT2D eigenvalue weighted by molar-refractivity contribution is 6.32. The first kappa shape index (κ1) is 14.3. The van der Waals surface area contributed by atoms with E-state index in [1.807, 2.05) is 6.07 Å². The number of benzene rings is 1. The van der Waals surface area contributed by atoms with E-state index in [1.165, 1.54) is 0 Å². The Labute approximate surface area is 107 Å². The lowest BCUT2D eigenvalue weighted by Crippen LogP contribution is -2.42. The van der Waals surface area contributed by atoms with Crippen LogP contribution in [0.3, 0.4) is 0 Å². The van der Waals surface area contributed by atoms with E-state index in [-0.39, 0.29) is 17.9 Å². The minimum atomic E-state index is -0.0703. The van der Waals surface area contributed by atoms with Crippen LogP contribution < -0.4 is 5.32 Å². The molecular weight excluding hydrogens is 238 g/mol. The highest BCUT2D eigenvalue weighted by atomic mass is 35.5. The van der Waals surface area contributed by atoms with Crippen LogP contribution in [0.1, 0.15) is 32.3 Å². The van der Waals surface area contributed by atoms with Gasteiger partial charge in [-0.1, -0.05) is 24.6 Å². The van der Waals surface area contributed by atoms with Crippen LogP contribution in [0.15, 0.2) is 18.2 Å². The SMILES string of the molecule is CCC(C)(CCO)NCc1ccc(O)c(Cl)c1. The zero-order valence-electron chi connectivity index (χ0n) is 10.3. The van der Waals surface area contributed by atoms with Gasteiger partial charge in [-0.25, -0.2) is 0 Å². The summed E-state index contributed by atoms with van der Waals surface area (Å²) in [6, 6.07) is 5.18. The average Bonchev–Trinajstić information content (AvgIpc) is 2.31. The standard InChI is InChI=1S/C13H20ClNO2/c1-3-13(2,6-7-16)15-9-10-4-5-12(17)11(14)8-10/h4-5,8,15-17H,3,6-7,9H2,1-2H3. The second-order valence-electron chi connectivity index (χ2n) is 4.53. The first-order chi connectivity index (χ1) is 8.00. The van der Waals surface area contributed by atoms with Gasteiger partial charge in [0.2, 0.25) is 0 Å². The molecule has 96 valence electrons. The van der Waals surface area contributed by atoms with Crippen LogP contribution >= 0.6 is 11.6 Å². The fraction of sp³-hybridized carbons (Fsp3) is 0.538. The molecule has 0 saturated carbocycles. The summed E-state index contributed by atoms with van der Waals surface area (Å²) in [5, 5.41) is 22.1. The molecule has 0 saturated heterocycles. The smallest absolute Gasteiger partial charge is 0.134 e. The highest BCUT2D eigenvalue weighted by Crippen LogP contribution is 2.24. The van der Waals surface area contributed by atoms with Crippen LogP contribution in [0.25, 0.3) is 0 Å². The fourth-order valence-electron chi connectivity index (χ4n) is 1.61. The molecule has 0 aliphatic rings. The van der Waals surface area contributed by atoms with Crippen LogP contribution in [0, 0.1) is 0 Å². The Bertz CT molecular complexity index is 370. The van der Waals surface area contributed by atoms with Crippen LogP contribution in [-0.2, 0) is 6.54 Å². The summed E-state index contributed by atoms with van der Waals surface area (Å²) >= 11 is 5.84. The second-order valence-corrected chi connectivity index (χ2v) is 4.93. The Morgan fingerprint density at radius 2 is 2.12 bits per heavy atom. The lowest BCUT2D eigenvalue weighted by atomic mass is 9.94. The maximum atomic E-state index is 9.32. The predicted molar refractivity (Wildman–Crippen MR) is 70.4 cm³/mol. The molecule has 1 aromatic rings. The minimum absolute atomic E-state index is 0.0703. The number of aromatic hydroxyl groups is 1. The molecule has 0 bridgehead atoms. The third-order valence-corrected chi connectivity index (χ3v) is 3.48. The number of hydrogen-bond acceptors (Lipinski definition) is 3. The Morgan fingerprint density at radius 3 is 2.65 bits per heavy atom. The number of halogens is 1. The topological polar surface area (TPSA) is 52.5 Å². The molecular formula is C13H20ClNO2. The summed E-state index contributed by atoms with van der Waals surface area (Å²) in [6.07, 6.45) is 1.66. The Balaban J connectivity index is 2.62.